The fraction of sp³-hybridized carbons (Fsp3) is 0.526. The lowest BCUT2D eigenvalue weighted by atomic mass is 9.90. The lowest BCUT2D eigenvalue weighted by molar-refractivity contribution is -0.161. The third-order valence-electron chi connectivity index (χ3n) is 5.07. The quantitative estimate of drug-likeness (QED) is 0.838. The van der Waals surface area contributed by atoms with Gasteiger partial charge in [-0.1, -0.05) is 13.0 Å². The molecule has 0 spiro atoms. The van der Waals surface area contributed by atoms with Gasteiger partial charge < -0.3 is 15.0 Å². The number of hydrogen-bond acceptors (Lipinski definition) is 4. The molecule has 0 aliphatic carbocycles. The maximum Gasteiger partial charge on any atom is 0.314 e. The summed E-state index contributed by atoms with van der Waals surface area (Å²) in [4.78, 5) is 38.6. The molecular formula is C19H23FN2O4. The van der Waals surface area contributed by atoms with Crippen molar-refractivity contribution in [1.82, 2.24) is 4.90 Å². The van der Waals surface area contributed by atoms with Crippen molar-refractivity contribution in [2.75, 3.05) is 18.4 Å². The minimum absolute atomic E-state index is 0.0837. The Kier molecular flexibility index (Phi) is 5.25. The van der Waals surface area contributed by atoms with E-state index in [4.69, 9.17) is 4.74 Å². The molecule has 0 bridgehead atoms. The molecule has 7 heteroatoms. The first-order chi connectivity index (χ1) is 12.3. The number of benzene rings is 1. The number of hydrogen-bond donors (Lipinski definition) is 1. The molecule has 2 heterocycles. The van der Waals surface area contributed by atoms with E-state index >= 15 is 0 Å². The second kappa shape index (κ2) is 7.43. The Labute approximate surface area is 151 Å². The number of halogens is 1. The van der Waals surface area contributed by atoms with Gasteiger partial charge >= 0.3 is 5.97 Å². The van der Waals surface area contributed by atoms with Gasteiger partial charge in [0.2, 0.25) is 5.91 Å². The monoisotopic (exact) mass is 362 g/mol. The van der Waals surface area contributed by atoms with Gasteiger partial charge in [0.1, 0.15) is 5.82 Å². The third-order valence-corrected chi connectivity index (χ3v) is 5.07. The molecule has 2 aliphatic heterocycles. The number of esters is 1. The third kappa shape index (κ3) is 3.86. The van der Waals surface area contributed by atoms with Gasteiger partial charge in [0, 0.05) is 25.2 Å². The van der Waals surface area contributed by atoms with Crippen LogP contribution in [0.3, 0.4) is 0 Å². The topological polar surface area (TPSA) is 75.7 Å². The molecular weight excluding hydrogens is 339 g/mol. The van der Waals surface area contributed by atoms with E-state index in [1.165, 1.54) is 18.2 Å². The largest absolute Gasteiger partial charge is 0.452 e. The molecule has 2 amide bonds. The second-order valence-corrected chi connectivity index (χ2v) is 7.12. The summed E-state index contributed by atoms with van der Waals surface area (Å²) in [6, 6.07) is 3.88. The van der Waals surface area contributed by atoms with Gasteiger partial charge in [-0.15, -0.1) is 0 Å². The Morgan fingerprint density at radius 2 is 2.00 bits per heavy atom. The van der Waals surface area contributed by atoms with Crippen molar-refractivity contribution in [3.63, 3.8) is 0 Å². The smallest absolute Gasteiger partial charge is 0.314 e. The van der Waals surface area contributed by atoms with Crippen molar-refractivity contribution >= 4 is 23.5 Å². The van der Waals surface area contributed by atoms with Crippen LogP contribution in [0.25, 0.3) is 0 Å². The molecule has 0 unspecified atom stereocenters. The minimum Gasteiger partial charge on any atom is -0.452 e. The van der Waals surface area contributed by atoms with Crippen molar-refractivity contribution in [2.24, 2.45) is 5.92 Å². The van der Waals surface area contributed by atoms with Crippen LogP contribution < -0.4 is 5.32 Å². The summed E-state index contributed by atoms with van der Waals surface area (Å²) in [6.45, 7) is 5.03. The van der Waals surface area contributed by atoms with Gasteiger partial charge in [-0.3, -0.25) is 14.4 Å². The van der Waals surface area contributed by atoms with E-state index in [-0.39, 0.29) is 23.9 Å². The first-order valence-electron chi connectivity index (χ1n) is 8.93. The van der Waals surface area contributed by atoms with Gasteiger partial charge in [-0.25, -0.2) is 4.39 Å². The molecule has 26 heavy (non-hydrogen) atoms. The van der Waals surface area contributed by atoms with Crippen LogP contribution in [0.2, 0.25) is 0 Å². The molecule has 1 fully saturated rings. The van der Waals surface area contributed by atoms with Crippen LogP contribution in [0.1, 0.15) is 44.6 Å². The van der Waals surface area contributed by atoms with Crippen LogP contribution in [-0.4, -0.2) is 41.9 Å². The molecule has 0 radical (unpaired) electrons. The van der Waals surface area contributed by atoms with Crippen LogP contribution >= 0.6 is 0 Å². The summed E-state index contributed by atoms with van der Waals surface area (Å²) in [5, 5.41) is 2.56. The number of nitrogens with zero attached hydrogens (tertiary/aromatic N) is 1. The zero-order valence-corrected chi connectivity index (χ0v) is 15.0. The highest BCUT2D eigenvalue weighted by atomic mass is 19.1. The summed E-state index contributed by atoms with van der Waals surface area (Å²) in [6.07, 6.45) is 0.881. The number of fused-ring (bicyclic) bond motifs is 1. The number of rotatable bonds is 3. The highest BCUT2D eigenvalue weighted by Crippen LogP contribution is 2.34. The van der Waals surface area contributed by atoms with E-state index in [2.05, 4.69) is 12.2 Å². The maximum absolute atomic E-state index is 13.4. The lowest BCUT2D eigenvalue weighted by Crippen LogP contribution is -2.44. The predicted octanol–water partition coefficient (Wildman–Crippen LogP) is 2.44. The Hall–Kier alpha value is -2.44. The predicted molar refractivity (Wildman–Crippen MR) is 92.9 cm³/mol. The van der Waals surface area contributed by atoms with Crippen LogP contribution in [0.4, 0.5) is 10.1 Å². The van der Waals surface area contributed by atoms with Gasteiger partial charge in [-0.05, 0) is 43.4 Å². The van der Waals surface area contributed by atoms with Crippen molar-refractivity contribution in [2.45, 2.75) is 45.1 Å². The number of carbonyl (C=O) groups excluding carboxylic acids is 3. The molecule has 0 saturated carbocycles. The average molecular weight is 362 g/mol. The van der Waals surface area contributed by atoms with Gasteiger partial charge in [-0.2, -0.15) is 0 Å². The summed E-state index contributed by atoms with van der Waals surface area (Å²) in [5.74, 6) is -1.98. The molecule has 2 atom stereocenters. The Balaban J connectivity index is 1.68. The number of ether oxygens (including phenoxy) is 1. The highest BCUT2D eigenvalue weighted by molar-refractivity contribution is 6.00. The zero-order valence-electron chi connectivity index (χ0n) is 15.0. The molecule has 1 aromatic rings. The second-order valence-electron chi connectivity index (χ2n) is 7.12. The first-order valence-corrected chi connectivity index (χ1v) is 8.93. The average Bonchev–Trinajstić information content (AvgIpc) is 2.60. The molecule has 2 aliphatic rings. The van der Waals surface area contributed by atoms with E-state index < -0.39 is 23.8 Å². The number of amides is 2. The van der Waals surface area contributed by atoms with E-state index in [1.54, 1.807) is 11.8 Å². The fourth-order valence-corrected chi connectivity index (χ4v) is 3.44. The highest BCUT2D eigenvalue weighted by Gasteiger charge is 2.35. The fourth-order valence-electron chi connectivity index (χ4n) is 3.44. The Morgan fingerprint density at radius 1 is 1.31 bits per heavy atom. The number of piperidine rings is 1. The molecule has 140 valence electrons. The first kappa shape index (κ1) is 18.4. The van der Waals surface area contributed by atoms with Gasteiger partial charge in [0.15, 0.2) is 6.10 Å². The van der Waals surface area contributed by atoms with Crippen molar-refractivity contribution in [3.05, 3.63) is 29.6 Å². The summed E-state index contributed by atoms with van der Waals surface area (Å²) < 4.78 is 18.7. The van der Waals surface area contributed by atoms with Crippen molar-refractivity contribution in [1.29, 1.82) is 0 Å². The van der Waals surface area contributed by atoms with E-state index in [1.807, 2.05) is 0 Å². The normalized spacial score (nSPS) is 21.6. The summed E-state index contributed by atoms with van der Waals surface area (Å²) in [7, 11) is 0. The van der Waals surface area contributed by atoms with Crippen LogP contribution in [-0.2, 0) is 19.1 Å². The lowest BCUT2D eigenvalue weighted by Gasteiger charge is -2.32. The SMILES string of the molecule is CC1CCN(C(=O)[C@@H](C)OC(=O)[C@H]2CC(=O)Nc3cc(F)ccc32)CC1. The maximum atomic E-state index is 13.4. The van der Waals surface area contributed by atoms with Crippen LogP contribution in [0.15, 0.2) is 18.2 Å². The summed E-state index contributed by atoms with van der Waals surface area (Å²) in [5.41, 5.74) is 0.773. The van der Waals surface area contributed by atoms with Crippen LogP contribution in [0.5, 0.6) is 0 Å². The zero-order chi connectivity index (χ0) is 18.8. The Bertz CT molecular complexity index is 728. The Morgan fingerprint density at radius 3 is 2.69 bits per heavy atom. The van der Waals surface area contributed by atoms with Crippen LogP contribution in [0, 0.1) is 11.7 Å². The molecule has 1 aromatic carbocycles. The molecule has 6 nitrogen and oxygen atoms in total. The number of nitrogens with one attached hydrogen (secondary N) is 1. The number of likely N-dealkylation sites (tertiary alicyclic amines) is 1. The number of anilines is 1. The molecule has 1 N–H and O–H groups in total. The van der Waals surface area contributed by atoms with E-state index in [9.17, 15) is 18.8 Å². The van der Waals surface area contributed by atoms with E-state index in [0.29, 0.717) is 24.6 Å². The minimum atomic E-state index is -0.912. The van der Waals surface area contributed by atoms with Crippen molar-refractivity contribution in [3.8, 4) is 0 Å². The molecule has 1 saturated heterocycles. The standard InChI is InChI=1S/C19H23FN2O4/c1-11-5-7-22(8-6-11)18(24)12(2)26-19(25)15-10-17(23)21-16-9-13(20)3-4-14(15)16/h3-4,9,11-12,15H,5-8,10H2,1-2H3,(H,21,23)/t12-,15+/m1/s1. The number of carbonyl (C=O) groups is 3. The van der Waals surface area contributed by atoms with Crippen molar-refractivity contribution < 1.29 is 23.5 Å². The summed E-state index contributed by atoms with van der Waals surface area (Å²) >= 11 is 0. The van der Waals surface area contributed by atoms with E-state index in [0.717, 1.165) is 12.8 Å². The molecule has 0 aromatic heterocycles. The van der Waals surface area contributed by atoms with Gasteiger partial charge in [0.05, 0.1) is 5.92 Å². The molecule has 3 rings (SSSR count). The van der Waals surface area contributed by atoms with Gasteiger partial charge in [0.25, 0.3) is 5.91 Å².